The molecule has 5 nitrogen and oxygen atoms in total. The van der Waals surface area contributed by atoms with E-state index in [-0.39, 0.29) is 11.8 Å². The molecule has 0 aliphatic carbocycles. The molecule has 1 heterocycles. The van der Waals surface area contributed by atoms with Gasteiger partial charge >= 0.3 is 0 Å². The van der Waals surface area contributed by atoms with Crippen LogP contribution in [-0.2, 0) is 0 Å². The minimum absolute atomic E-state index is 0.000972. The Morgan fingerprint density at radius 2 is 2.06 bits per heavy atom. The van der Waals surface area contributed by atoms with E-state index in [1.807, 2.05) is 0 Å². The average Bonchev–Trinajstić information content (AvgIpc) is 2.35. The van der Waals surface area contributed by atoms with Crippen LogP contribution < -0.4 is 16.6 Å². The van der Waals surface area contributed by atoms with Crippen molar-refractivity contribution in [3.8, 4) is 0 Å². The summed E-state index contributed by atoms with van der Waals surface area (Å²) in [7, 11) is 0. The highest BCUT2D eigenvalue weighted by atomic mass is 35.5. The van der Waals surface area contributed by atoms with Gasteiger partial charge in [-0.1, -0.05) is 23.7 Å². The van der Waals surface area contributed by atoms with Gasteiger partial charge in [0.05, 0.1) is 16.9 Å². The number of hydrogen-bond donors (Lipinski definition) is 3. The first kappa shape index (κ1) is 11.6. The summed E-state index contributed by atoms with van der Waals surface area (Å²) >= 11 is 5.93. The highest BCUT2D eigenvalue weighted by Gasteiger charge is 2.08. The van der Waals surface area contributed by atoms with Crippen LogP contribution in [0.1, 0.15) is 0 Å². The quantitative estimate of drug-likeness (QED) is 0.578. The van der Waals surface area contributed by atoms with E-state index in [2.05, 4.69) is 20.7 Å². The molecule has 4 N–H and O–H groups in total. The third-order valence-corrected chi connectivity index (χ3v) is 2.33. The van der Waals surface area contributed by atoms with Gasteiger partial charge < -0.3 is 5.32 Å². The summed E-state index contributed by atoms with van der Waals surface area (Å²) in [5.74, 6) is 4.66. The number of benzene rings is 1. The number of hydrogen-bond acceptors (Lipinski definition) is 5. The van der Waals surface area contributed by atoms with E-state index in [1.165, 1.54) is 0 Å². The molecule has 2 aromatic rings. The molecule has 1 aromatic carbocycles. The molecular weight excluding hydrogens is 245 g/mol. The number of para-hydroxylation sites is 1. The highest BCUT2D eigenvalue weighted by molar-refractivity contribution is 6.33. The molecule has 7 heteroatoms. The number of nitrogens with two attached hydrogens (primary N) is 1. The maximum atomic E-state index is 13.4. The molecule has 1 aromatic heterocycles. The Morgan fingerprint density at radius 3 is 2.76 bits per heavy atom. The van der Waals surface area contributed by atoms with Crippen molar-refractivity contribution in [1.82, 2.24) is 9.97 Å². The lowest BCUT2D eigenvalue weighted by molar-refractivity contribution is 0.619. The zero-order valence-corrected chi connectivity index (χ0v) is 9.37. The number of hydrazine groups is 1. The third kappa shape index (κ3) is 2.61. The molecule has 0 spiro atoms. The Kier molecular flexibility index (Phi) is 3.36. The molecule has 17 heavy (non-hydrogen) atoms. The number of aromatic nitrogens is 2. The van der Waals surface area contributed by atoms with Crippen molar-refractivity contribution in [3.05, 3.63) is 41.3 Å². The van der Waals surface area contributed by atoms with Gasteiger partial charge in [0.1, 0.15) is 0 Å². The number of halogens is 2. The molecule has 0 fully saturated rings. The molecule has 0 saturated carbocycles. The second kappa shape index (κ2) is 4.94. The van der Waals surface area contributed by atoms with Gasteiger partial charge in [0, 0.05) is 0 Å². The summed E-state index contributed by atoms with van der Waals surface area (Å²) in [6.45, 7) is 0. The fourth-order valence-corrected chi connectivity index (χ4v) is 1.40. The van der Waals surface area contributed by atoms with Gasteiger partial charge in [0.15, 0.2) is 11.6 Å². The van der Waals surface area contributed by atoms with Crippen molar-refractivity contribution in [1.29, 1.82) is 0 Å². The van der Waals surface area contributed by atoms with Crippen LogP contribution in [0.15, 0.2) is 30.5 Å². The minimum Gasteiger partial charge on any atom is -0.336 e. The first-order chi connectivity index (χ1) is 8.20. The predicted molar refractivity (Wildman–Crippen MR) is 64.5 cm³/mol. The third-order valence-electron chi connectivity index (χ3n) is 2.00. The van der Waals surface area contributed by atoms with Crippen molar-refractivity contribution in [2.75, 3.05) is 10.7 Å². The Balaban J connectivity index is 2.32. The Hall–Kier alpha value is -1.92. The van der Waals surface area contributed by atoms with E-state index in [1.54, 1.807) is 24.3 Å². The van der Waals surface area contributed by atoms with Crippen molar-refractivity contribution in [2.24, 2.45) is 5.84 Å². The molecule has 0 aliphatic rings. The van der Waals surface area contributed by atoms with Crippen LogP contribution in [0.5, 0.6) is 0 Å². The van der Waals surface area contributed by atoms with Crippen LogP contribution in [0, 0.1) is 5.82 Å². The SMILES string of the molecule is NNc1ncc(F)c(Nc2ccccc2Cl)n1. The van der Waals surface area contributed by atoms with Crippen molar-refractivity contribution < 1.29 is 4.39 Å². The van der Waals surface area contributed by atoms with Gasteiger partial charge in [0.25, 0.3) is 0 Å². The second-order valence-electron chi connectivity index (χ2n) is 3.14. The molecule has 0 bridgehead atoms. The Labute approximate surface area is 102 Å². The van der Waals surface area contributed by atoms with Crippen molar-refractivity contribution in [2.45, 2.75) is 0 Å². The summed E-state index contributed by atoms with van der Waals surface area (Å²) in [5, 5.41) is 3.23. The molecule has 2 rings (SSSR count). The maximum Gasteiger partial charge on any atom is 0.239 e. The first-order valence-corrected chi connectivity index (χ1v) is 5.09. The zero-order valence-electron chi connectivity index (χ0n) is 8.61. The van der Waals surface area contributed by atoms with Gasteiger partial charge in [-0.15, -0.1) is 0 Å². The van der Waals surface area contributed by atoms with Gasteiger partial charge in [-0.25, -0.2) is 15.2 Å². The predicted octanol–water partition coefficient (Wildman–Crippen LogP) is 2.30. The summed E-state index contributed by atoms with van der Waals surface area (Å²) in [6, 6.07) is 6.94. The van der Waals surface area contributed by atoms with Crippen molar-refractivity contribution in [3.63, 3.8) is 0 Å². The molecule has 0 atom stereocenters. The number of anilines is 3. The van der Waals surface area contributed by atoms with Gasteiger partial charge in [-0.2, -0.15) is 4.98 Å². The molecule has 0 unspecified atom stereocenters. The lowest BCUT2D eigenvalue weighted by atomic mass is 10.3. The van der Waals surface area contributed by atoms with Crippen LogP contribution in [0.2, 0.25) is 5.02 Å². The summed E-state index contributed by atoms with van der Waals surface area (Å²) in [6.07, 6.45) is 1.02. The lowest BCUT2D eigenvalue weighted by Crippen LogP contribution is -2.12. The number of nitrogen functional groups attached to an aromatic ring is 1. The fraction of sp³-hybridized carbons (Fsp3) is 0. The van der Waals surface area contributed by atoms with Gasteiger partial charge in [-0.3, -0.25) is 5.43 Å². The summed E-state index contributed by atoms with van der Waals surface area (Å²) in [5.41, 5.74) is 2.78. The monoisotopic (exact) mass is 253 g/mol. The Morgan fingerprint density at radius 1 is 1.29 bits per heavy atom. The van der Waals surface area contributed by atoms with Crippen LogP contribution >= 0.6 is 11.6 Å². The molecule has 0 saturated heterocycles. The Bertz CT molecular complexity index is 534. The van der Waals surface area contributed by atoms with E-state index >= 15 is 0 Å². The van der Waals surface area contributed by atoms with Crippen LogP contribution in [0.4, 0.5) is 21.8 Å². The average molecular weight is 254 g/mol. The van der Waals surface area contributed by atoms with E-state index in [0.29, 0.717) is 10.7 Å². The van der Waals surface area contributed by atoms with Crippen LogP contribution in [0.3, 0.4) is 0 Å². The molecule has 88 valence electrons. The van der Waals surface area contributed by atoms with E-state index in [0.717, 1.165) is 6.20 Å². The second-order valence-corrected chi connectivity index (χ2v) is 3.55. The van der Waals surface area contributed by atoms with Crippen LogP contribution in [-0.4, -0.2) is 9.97 Å². The summed E-state index contributed by atoms with van der Waals surface area (Å²) < 4.78 is 13.4. The number of nitrogens with one attached hydrogen (secondary N) is 2. The highest BCUT2D eigenvalue weighted by Crippen LogP contribution is 2.25. The number of rotatable bonds is 3. The lowest BCUT2D eigenvalue weighted by Gasteiger charge is -2.08. The van der Waals surface area contributed by atoms with Crippen molar-refractivity contribution >= 4 is 29.1 Å². The molecule has 0 amide bonds. The van der Waals surface area contributed by atoms with E-state index in [9.17, 15) is 4.39 Å². The largest absolute Gasteiger partial charge is 0.336 e. The van der Waals surface area contributed by atoms with Gasteiger partial charge in [0.2, 0.25) is 5.95 Å². The zero-order chi connectivity index (χ0) is 12.3. The minimum atomic E-state index is -0.594. The molecule has 0 radical (unpaired) electrons. The summed E-state index contributed by atoms with van der Waals surface area (Å²) in [4.78, 5) is 7.46. The topological polar surface area (TPSA) is 75.9 Å². The van der Waals surface area contributed by atoms with Crippen LogP contribution in [0.25, 0.3) is 0 Å². The first-order valence-electron chi connectivity index (χ1n) is 4.71. The smallest absolute Gasteiger partial charge is 0.239 e. The van der Waals surface area contributed by atoms with E-state index < -0.39 is 5.82 Å². The normalized spacial score (nSPS) is 10.1. The van der Waals surface area contributed by atoms with E-state index in [4.69, 9.17) is 17.4 Å². The fourth-order valence-electron chi connectivity index (χ4n) is 1.21. The maximum absolute atomic E-state index is 13.4. The number of nitrogens with zero attached hydrogens (tertiary/aromatic N) is 2. The molecular formula is C10H9ClFN5. The molecule has 0 aliphatic heterocycles. The van der Waals surface area contributed by atoms with Gasteiger partial charge in [-0.05, 0) is 12.1 Å². The standard InChI is InChI=1S/C10H9ClFN5/c11-6-3-1-2-4-8(6)15-9-7(12)5-14-10(16-9)17-13/h1-5H,13H2,(H2,14,15,16,17).